The van der Waals surface area contributed by atoms with Gasteiger partial charge in [0.1, 0.15) is 0 Å². The van der Waals surface area contributed by atoms with Crippen molar-refractivity contribution in [2.45, 2.75) is 64.0 Å². The third-order valence-electron chi connectivity index (χ3n) is 5.66. The minimum absolute atomic E-state index is 0.586. The van der Waals surface area contributed by atoms with Crippen LogP contribution < -0.4 is 5.32 Å². The molecule has 4 aliphatic rings. The molecule has 0 aromatic carbocycles. The molecule has 1 unspecified atom stereocenters. The van der Waals surface area contributed by atoms with Crippen LogP contribution in [0.25, 0.3) is 0 Å². The molecule has 0 saturated heterocycles. The summed E-state index contributed by atoms with van der Waals surface area (Å²) in [5.74, 6) is 4.13. The Morgan fingerprint density at radius 3 is 2.17 bits per heavy atom. The van der Waals surface area contributed by atoms with E-state index >= 15 is 0 Å². The van der Waals surface area contributed by atoms with Crippen molar-refractivity contribution in [3.63, 3.8) is 0 Å². The minimum atomic E-state index is 0.586. The summed E-state index contributed by atoms with van der Waals surface area (Å²) in [4.78, 5) is 0. The summed E-state index contributed by atoms with van der Waals surface area (Å²) in [5.41, 5.74) is 0. The first kappa shape index (κ1) is 12.9. The molecule has 4 fully saturated rings. The molecule has 2 heteroatoms. The van der Waals surface area contributed by atoms with Crippen molar-refractivity contribution in [1.82, 2.24) is 5.32 Å². The molecule has 0 aliphatic heterocycles. The monoisotopic (exact) mass is 251 g/mol. The van der Waals surface area contributed by atoms with Crippen LogP contribution >= 0.6 is 0 Å². The Morgan fingerprint density at radius 2 is 1.67 bits per heavy atom. The average molecular weight is 251 g/mol. The maximum Gasteiger partial charge on any atom is 0.0615 e. The van der Waals surface area contributed by atoms with E-state index in [2.05, 4.69) is 12.2 Å². The first-order chi connectivity index (χ1) is 8.80. The van der Waals surface area contributed by atoms with Gasteiger partial charge in [-0.3, -0.25) is 0 Å². The highest BCUT2D eigenvalue weighted by Crippen LogP contribution is 2.53. The second-order valence-electron chi connectivity index (χ2n) is 7.06. The highest BCUT2D eigenvalue weighted by Gasteiger charge is 2.48. The Bertz CT molecular complexity index is 244. The topological polar surface area (TPSA) is 21.3 Å². The fourth-order valence-electron chi connectivity index (χ4n) is 5.23. The van der Waals surface area contributed by atoms with Gasteiger partial charge < -0.3 is 10.1 Å². The number of nitrogens with one attached hydrogen (secondary N) is 1. The molecule has 1 N–H and O–H groups in total. The summed E-state index contributed by atoms with van der Waals surface area (Å²) >= 11 is 0. The molecule has 0 radical (unpaired) electrons. The SMILES string of the molecule is CCCC(COC)NC1C2CC3CC(C2)CC1C3. The number of rotatable bonds is 6. The zero-order valence-electron chi connectivity index (χ0n) is 12.0. The van der Waals surface area contributed by atoms with E-state index < -0.39 is 0 Å². The van der Waals surface area contributed by atoms with Gasteiger partial charge in [-0.1, -0.05) is 13.3 Å². The van der Waals surface area contributed by atoms with Gasteiger partial charge in [0.05, 0.1) is 6.61 Å². The van der Waals surface area contributed by atoms with Crippen LogP contribution in [0.1, 0.15) is 51.9 Å². The van der Waals surface area contributed by atoms with Gasteiger partial charge >= 0.3 is 0 Å². The standard InChI is InChI=1S/C16H29NO/c1-3-4-15(10-18-2)17-16-13-6-11-5-12(8-13)9-14(16)7-11/h11-17H,3-10H2,1-2H3. The van der Waals surface area contributed by atoms with Crippen molar-refractivity contribution >= 4 is 0 Å². The fraction of sp³-hybridized carbons (Fsp3) is 1.00. The Hall–Kier alpha value is -0.0800. The lowest BCUT2D eigenvalue weighted by Crippen LogP contribution is -2.57. The van der Waals surface area contributed by atoms with E-state index in [1.165, 1.54) is 38.5 Å². The van der Waals surface area contributed by atoms with E-state index in [0.717, 1.165) is 36.3 Å². The molecular formula is C16H29NO. The van der Waals surface area contributed by atoms with E-state index in [0.29, 0.717) is 6.04 Å². The van der Waals surface area contributed by atoms with Crippen molar-refractivity contribution in [3.05, 3.63) is 0 Å². The fourth-order valence-corrected chi connectivity index (χ4v) is 5.23. The number of ether oxygens (including phenoxy) is 1. The lowest BCUT2D eigenvalue weighted by atomic mass is 9.54. The van der Waals surface area contributed by atoms with E-state index in [1.807, 2.05) is 7.11 Å². The largest absolute Gasteiger partial charge is 0.383 e. The molecule has 4 rings (SSSR count). The summed E-state index contributed by atoms with van der Waals surface area (Å²) in [6.07, 6.45) is 10.1. The molecule has 0 spiro atoms. The van der Waals surface area contributed by atoms with Gasteiger partial charge in [-0.2, -0.15) is 0 Å². The third kappa shape index (κ3) is 2.46. The smallest absolute Gasteiger partial charge is 0.0615 e. The van der Waals surface area contributed by atoms with Gasteiger partial charge in [0.2, 0.25) is 0 Å². The maximum absolute atomic E-state index is 5.39. The van der Waals surface area contributed by atoms with Crippen molar-refractivity contribution in [2.75, 3.05) is 13.7 Å². The predicted molar refractivity (Wildman–Crippen MR) is 74.5 cm³/mol. The summed E-state index contributed by atoms with van der Waals surface area (Å²) < 4.78 is 5.39. The lowest BCUT2D eigenvalue weighted by molar-refractivity contribution is -0.0217. The molecule has 2 nitrogen and oxygen atoms in total. The molecule has 0 heterocycles. The van der Waals surface area contributed by atoms with Crippen LogP contribution in [-0.4, -0.2) is 25.8 Å². The zero-order valence-corrected chi connectivity index (χ0v) is 12.0. The molecule has 4 bridgehead atoms. The summed E-state index contributed by atoms with van der Waals surface area (Å²) in [7, 11) is 1.83. The number of hydrogen-bond acceptors (Lipinski definition) is 2. The maximum atomic E-state index is 5.39. The van der Waals surface area contributed by atoms with Gasteiger partial charge in [-0.25, -0.2) is 0 Å². The van der Waals surface area contributed by atoms with Crippen molar-refractivity contribution < 1.29 is 4.74 Å². The average Bonchev–Trinajstić information content (AvgIpc) is 2.33. The van der Waals surface area contributed by atoms with Gasteiger partial charge in [0, 0.05) is 19.2 Å². The second kappa shape index (κ2) is 5.50. The molecule has 0 aromatic heterocycles. The number of hydrogen-bond donors (Lipinski definition) is 1. The highest BCUT2D eigenvalue weighted by atomic mass is 16.5. The Kier molecular flexibility index (Phi) is 3.95. The van der Waals surface area contributed by atoms with Crippen LogP contribution in [0.4, 0.5) is 0 Å². The normalized spacial score (nSPS) is 43.3. The predicted octanol–water partition coefficient (Wildman–Crippen LogP) is 3.22. The quantitative estimate of drug-likeness (QED) is 0.782. The van der Waals surface area contributed by atoms with Crippen LogP contribution in [0.2, 0.25) is 0 Å². The first-order valence-electron chi connectivity index (χ1n) is 8.05. The van der Waals surface area contributed by atoms with Gasteiger partial charge in [0.15, 0.2) is 0 Å². The molecule has 0 amide bonds. The van der Waals surface area contributed by atoms with Gasteiger partial charge in [0.25, 0.3) is 0 Å². The second-order valence-corrected chi connectivity index (χ2v) is 7.06. The molecular weight excluding hydrogens is 222 g/mol. The van der Waals surface area contributed by atoms with Crippen LogP contribution in [0.5, 0.6) is 0 Å². The van der Waals surface area contributed by atoms with Crippen LogP contribution in [0.15, 0.2) is 0 Å². The third-order valence-corrected chi connectivity index (χ3v) is 5.66. The molecule has 104 valence electrons. The van der Waals surface area contributed by atoms with Crippen LogP contribution in [-0.2, 0) is 4.74 Å². The molecule has 0 aromatic rings. The molecule has 4 saturated carbocycles. The van der Waals surface area contributed by atoms with Crippen LogP contribution in [0, 0.1) is 23.7 Å². The van der Waals surface area contributed by atoms with E-state index in [4.69, 9.17) is 4.74 Å². The molecule has 4 aliphatic carbocycles. The molecule has 1 atom stereocenters. The Morgan fingerprint density at radius 1 is 1.06 bits per heavy atom. The summed E-state index contributed by atoms with van der Waals surface area (Å²) in [6, 6.07) is 1.40. The van der Waals surface area contributed by atoms with E-state index in [1.54, 1.807) is 6.42 Å². The van der Waals surface area contributed by atoms with Crippen molar-refractivity contribution in [3.8, 4) is 0 Å². The highest BCUT2D eigenvalue weighted by molar-refractivity contribution is 5.02. The lowest BCUT2D eigenvalue weighted by Gasteiger charge is -2.55. The Labute approximate surface area is 112 Å². The first-order valence-corrected chi connectivity index (χ1v) is 8.05. The van der Waals surface area contributed by atoms with Crippen molar-refractivity contribution in [2.24, 2.45) is 23.7 Å². The minimum Gasteiger partial charge on any atom is -0.383 e. The number of methoxy groups -OCH3 is 1. The van der Waals surface area contributed by atoms with Crippen LogP contribution in [0.3, 0.4) is 0 Å². The van der Waals surface area contributed by atoms with Gasteiger partial charge in [-0.05, 0) is 62.2 Å². The molecule has 18 heavy (non-hydrogen) atoms. The summed E-state index contributed by atoms with van der Waals surface area (Å²) in [6.45, 7) is 3.16. The summed E-state index contributed by atoms with van der Waals surface area (Å²) in [5, 5.41) is 3.98. The van der Waals surface area contributed by atoms with E-state index in [9.17, 15) is 0 Å². The van der Waals surface area contributed by atoms with Crippen molar-refractivity contribution in [1.29, 1.82) is 0 Å². The van der Waals surface area contributed by atoms with Gasteiger partial charge in [-0.15, -0.1) is 0 Å². The zero-order chi connectivity index (χ0) is 12.5. The Balaban J connectivity index is 1.61. The van der Waals surface area contributed by atoms with E-state index in [-0.39, 0.29) is 0 Å².